The molecule has 1 fully saturated rings. The molecule has 8 heteroatoms. The smallest absolute Gasteiger partial charge is 0.408 e. The first kappa shape index (κ1) is 23.3. The van der Waals surface area contributed by atoms with Crippen LogP contribution < -0.4 is 10.6 Å². The van der Waals surface area contributed by atoms with E-state index in [1.54, 1.807) is 6.92 Å². The van der Waals surface area contributed by atoms with Crippen LogP contribution in [0.5, 0.6) is 0 Å². The summed E-state index contributed by atoms with van der Waals surface area (Å²) < 4.78 is 10.9. The SMILES string of the molecule is CC#CCC(NC(=O)C1(NC(=O)OCC2c3ccccc3-c3ccccc32)CCOC1)C(=O)O. The summed E-state index contributed by atoms with van der Waals surface area (Å²) in [5.74, 6) is 3.32. The number of nitrogens with one attached hydrogen (secondary N) is 2. The van der Waals surface area contributed by atoms with Gasteiger partial charge in [0, 0.05) is 25.4 Å². The lowest BCUT2D eigenvalue weighted by Gasteiger charge is -2.28. The van der Waals surface area contributed by atoms with E-state index in [0.717, 1.165) is 22.3 Å². The first-order chi connectivity index (χ1) is 16.4. The van der Waals surface area contributed by atoms with Gasteiger partial charge in [0.05, 0.1) is 6.61 Å². The molecule has 34 heavy (non-hydrogen) atoms. The molecule has 0 spiro atoms. The molecule has 1 aliphatic carbocycles. The van der Waals surface area contributed by atoms with Gasteiger partial charge in [-0.15, -0.1) is 11.8 Å². The minimum absolute atomic E-state index is 0.0422. The molecule has 3 N–H and O–H groups in total. The maximum atomic E-state index is 13.0. The Kier molecular flexibility index (Phi) is 6.85. The quantitative estimate of drug-likeness (QED) is 0.545. The van der Waals surface area contributed by atoms with E-state index in [9.17, 15) is 19.5 Å². The molecule has 0 radical (unpaired) electrons. The Bertz CT molecular complexity index is 1110. The van der Waals surface area contributed by atoms with Crippen molar-refractivity contribution < 1.29 is 29.0 Å². The molecule has 8 nitrogen and oxygen atoms in total. The molecule has 2 atom stereocenters. The van der Waals surface area contributed by atoms with E-state index in [2.05, 4.69) is 22.5 Å². The summed E-state index contributed by atoms with van der Waals surface area (Å²) in [4.78, 5) is 37.3. The molecule has 1 heterocycles. The Labute approximate surface area is 197 Å². The number of hydrogen-bond donors (Lipinski definition) is 3. The highest BCUT2D eigenvalue weighted by Gasteiger charge is 2.45. The number of aliphatic carboxylic acids is 1. The van der Waals surface area contributed by atoms with E-state index in [-0.39, 0.29) is 38.6 Å². The van der Waals surface area contributed by atoms with Crippen LogP contribution in [0.25, 0.3) is 11.1 Å². The van der Waals surface area contributed by atoms with Crippen molar-refractivity contribution in [2.45, 2.75) is 37.3 Å². The highest BCUT2D eigenvalue weighted by molar-refractivity contribution is 5.93. The third-order valence-corrected chi connectivity index (χ3v) is 6.23. The zero-order chi connectivity index (χ0) is 24.1. The van der Waals surface area contributed by atoms with Crippen molar-refractivity contribution in [2.75, 3.05) is 19.8 Å². The average Bonchev–Trinajstić information content (AvgIpc) is 3.43. The molecule has 2 unspecified atom stereocenters. The monoisotopic (exact) mass is 462 g/mol. The number of ether oxygens (including phenoxy) is 2. The van der Waals surface area contributed by atoms with Gasteiger partial charge in [-0.25, -0.2) is 9.59 Å². The van der Waals surface area contributed by atoms with E-state index in [4.69, 9.17) is 9.47 Å². The van der Waals surface area contributed by atoms with Gasteiger partial charge in [0.2, 0.25) is 5.91 Å². The van der Waals surface area contributed by atoms with Crippen LogP contribution in [0.4, 0.5) is 4.79 Å². The molecule has 1 aliphatic heterocycles. The Morgan fingerprint density at radius 2 is 1.79 bits per heavy atom. The van der Waals surface area contributed by atoms with Crippen molar-refractivity contribution in [2.24, 2.45) is 0 Å². The fourth-order valence-corrected chi connectivity index (χ4v) is 4.43. The van der Waals surface area contributed by atoms with Crippen molar-refractivity contribution in [3.8, 4) is 23.0 Å². The summed E-state index contributed by atoms with van der Waals surface area (Å²) >= 11 is 0. The lowest BCUT2D eigenvalue weighted by atomic mass is 9.96. The molecule has 176 valence electrons. The fourth-order valence-electron chi connectivity index (χ4n) is 4.43. The number of rotatable bonds is 7. The fraction of sp³-hybridized carbons (Fsp3) is 0.346. The second kappa shape index (κ2) is 9.98. The maximum Gasteiger partial charge on any atom is 0.408 e. The van der Waals surface area contributed by atoms with Gasteiger partial charge in [0.15, 0.2) is 0 Å². The molecular weight excluding hydrogens is 436 g/mol. The van der Waals surface area contributed by atoms with Crippen molar-refractivity contribution in [3.05, 3.63) is 59.7 Å². The van der Waals surface area contributed by atoms with Gasteiger partial charge in [-0.05, 0) is 29.2 Å². The number of amides is 2. The minimum atomic E-state index is -1.41. The molecule has 1 saturated heterocycles. The molecule has 2 amide bonds. The molecular formula is C26H26N2O6. The Morgan fingerprint density at radius 3 is 2.35 bits per heavy atom. The summed E-state index contributed by atoms with van der Waals surface area (Å²) in [5.41, 5.74) is 2.98. The number of benzene rings is 2. The number of alkyl carbamates (subject to hydrolysis) is 1. The zero-order valence-corrected chi connectivity index (χ0v) is 18.8. The van der Waals surface area contributed by atoms with Crippen molar-refractivity contribution >= 4 is 18.0 Å². The number of carbonyl (C=O) groups is 3. The van der Waals surface area contributed by atoms with Crippen LogP contribution in [0.3, 0.4) is 0 Å². The second-order valence-corrected chi connectivity index (χ2v) is 8.33. The summed E-state index contributed by atoms with van der Waals surface area (Å²) in [5, 5.41) is 14.5. The highest BCUT2D eigenvalue weighted by Crippen LogP contribution is 2.44. The normalized spacial score (nSPS) is 19.2. The van der Waals surface area contributed by atoms with Gasteiger partial charge in [0.1, 0.15) is 18.2 Å². The van der Waals surface area contributed by atoms with Crippen LogP contribution >= 0.6 is 0 Å². The first-order valence-electron chi connectivity index (χ1n) is 11.1. The number of fused-ring (bicyclic) bond motifs is 3. The number of carbonyl (C=O) groups excluding carboxylic acids is 2. The van der Waals surface area contributed by atoms with E-state index >= 15 is 0 Å². The molecule has 2 aliphatic rings. The van der Waals surface area contributed by atoms with E-state index < -0.39 is 29.6 Å². The van der Waals surface area contributed by atoms with Crippen LogP contribution in [-0.2, 0) is 19.1 Å². The molecule has 4 rings (SSSR count). The largest absolute Gasteiger partial charge is 0.480 e. The molecule has 2 aromatic rings. The Balaban J connectivity index is 1.44. The van der Waals surface area contributed by atoms with Crippen molar-refractivity contribution in [1.82, 2.24) is 10.6 Å². The average molecular weight is 463 g/mol. The third-order valence-electron chi connectivity index (χ3n) is 6.23. The topological polar surface area (TPSA) is 114 Å². The van der Waals surface area contributed by atoms with Crippen LogP contribution in [-0.4, -0.2) is 54.5 Å². The van der Waals surface area contributed by atoms with Crippen LogP contribution in [0.2, 0.25) is 0 Å². The lowest BCUT2D eigenvalue weighted by molar-refractivity contribution is -0.142. The Morgan fingerprint density at radius 1 is 1.15 bits per heavy atom. The first-order valence-corrected chi connectivity index (χ1v) is 11.1. The number of hydrogen-bond acceptors (Lipinski definition) is 5. The van der Waals surface area contributed by atoms with Gasteiger partial charge in [-0.1, -0.05) is 48.5 Å². The molecule has 2 aromatic carbocycles. The standard InChI is InChI=1S/C26H26N2O6/c1-2-3-12-22(23(29)30)27-24(31)26(13-14-33-16-26)28-25(32)34-15-21-19-10-6-4-8-17(19)18-9-5-7-11-20(18)21/h4-11,21-22H,12-16H2,1H3,(H,27,31)(H,28,32)(H,29,30). The summed E-state index contributed by atoms with van der Waals surface area (Å²) in [6, 6.07) is 14.8. The summed E-state index contributed by atoms with van der Waals surface area (Å²) in [6.45, 7) is 1.87. The van der Waals surface area contributed by atoms with Crippen LogP contribution in [0.15, 0.2) is 48.5 Å². The van der Waals surface area contributed by atoms with Crippen molar-refractivity contribution in [1.29, 1.82) is 0 Å². The molecule has 0 aromatic heterocycles. The van der Waals surface area contributed by atoms with E-state index in [0.29, 0.717) is 0 Å². The molecule has 0 saturated carbocycles. The third kappa shape index (κ3) is 4.61. The van der Waals surface area contributed by atoms with Crippen LogP contribution in [0.1, 0.15) is 36.8 Å². The lowest BCUT2D eigenvalue weighted by Crippen LogP contribution is -2.61. The number of carboxylic acids is 1. The van der Waals surface area contributed by atoms with Gasteiger partial charge < -0.3 is 25.2 Å². The van der Waals surface area contributed by atoms with E-state index in [1.807, 2.05) is 48.5 Å². The number of carboxylic acid groups (broad SMARTS) is 1. The van der Waals surface area contributed by atoms with Crippen LogP contribution in [0, 0.1) is 11.8 Å². The molecule has 0 bridgehead atoms. The predicted molar refractivity (Wildman–Crippen MR) is 124 cm³/mol. The minimum Gasteiger partial charge on any atom is -0.480 e. The predicted octanol–water partition coefficient (Wildman–Crippen LogP) is 2.67. The van der Waals surface area contributed by atoms with Gasteiger partial charge in [-0.2, -0.15) is 0 Å². The van der Waals surface area contributed by atoms with Gasteiger partial charge >= 0.3 is 12.1 Å². The summed E-state index contributed by atoms with van der Waals surface area (Å²) in [6.07, 6.45) is -0.600. The van der Waals surface area contributed by atoms with Gasteiger partial charge in [0.25, 0.3) is 0 Å². The summed E-state index contributed by atoms with van der Waals surface area (Å²) in [7, 11) is 0. The van der Waals surface area contributed by atoms with Gasteiger partial charge in [-0.3, -0.25) is 4.79 Å². The van der Waals surface area contributed by atoms with Crippen molar-refractivity contribution in [3.63, 3.8) is 0 Å². The Hall–Kier alpha value is -3.83. The van der Waals surface area contributed by atoms with E-state index in [1.165, 1.54) is 0 Å². The maximum absolute atomic E-state index is 13.0. The second-order valence-electron chi connectivity index (χ2n) is 8.33. The zero-order valence-electron chi connectivity index (χ0n) is 18.8. The highest BCUT2D eigenvalue weighted by atomic mass is 16.6.